The number of hydrogen-bond donors (Lipinski definition) is 2. The number of H-pyrrole nitrogens is 1. The molecule has 1 aromatic carbocycles. The van der Waals surface area contributed by atoms with Gasteiger partial charge in [-0.25, -0.2) is 9.78 Å². The first-order valence-corrected chi connectivity index (χ1v) is 8.80. The lowest BCUT2D eigenvalue weighted by molar-refractivity contribution is -0.140. The molecule has 3 heterocycles. The number of pyridine rings is 2. The molecule has 0 unspecified atom stereocenters. The van der Waals surface area contributed by atoms with E-state index >= 15 is 0 Å². The van der Waals surface area contributed by atoms with Gasteiger partial charge in [-0.2, -0.15) is 0 Å². The number of aliphatic carboxylic acids is 1. The molecule has 0 saturated carbocycles. The highest BCUT2D eigenvalue weighted by atomic mass is 16.5. The lowest BCUT2D eigenvalue weighted by atomic mass is 10.0. The second-order valence-electron chi connectivity index (χ2n) is 6.45. The lowest BCUT2D eigenvalue weighted by Crippen LogP contribution is -2.30. The van der Waals surface area contributed by atoms with Crippen LogP contribution in [0.2, 0.25) is 0 Å². The first-order chi connectivity index (χ1) is 13.5. The molecule has 0 radical (unpaired) electrons. The highest BCUT2D eigenvalue weighted by Gasteiger charge is 2.25. The third-order valence-corrected chi connectivity index (χ3v) is 5.05. The molecule has 4 rings (SSSR count). The van der Waals surface area contributed by atoms with Crippen molar-refractivity contribution < 1.29 is 19.4 Å². The van der Waals surface area contributed by atoms with Crippen LogP contribution in [0.1, 0.15) is 19.4 Å². The zero-order valence-corrected chi connectivity index (χ0v) is 15.6. The predicted octanol–water partition coefficient (Wildman–Crippen LogP) is 3.08. The van der Waals surface area contributed by atoms with Crippen LogP contribution in [0.5, 0.6) is 11.5 Å². The quantitative estimate of drug-likeness (QED) is 0.515. The highest BCUT2D eigenvalue weighted by molar-refractivity contribution is 6.14. The van der Waals surface area contributed by atoms with Gasteiger partial charge in [0.1, 0.15) is 11.7 Å². The van der Waals surface area contributed by atoms with Crippen molar-refractivity contribution >= 4 is 38.7 Å². The van der Waals surface area contributed by atoms with Crippen LogP contribution in [0.4, 0.5) is 0 Å². The number of nitrogens with zero attached hydrogens (tertiary/aromatic N) is 2. The maximum Gasteiger partial charge on any atom is 0.326 e. The van der Waals surface area contributed by atoms with E-state index in [4.69, 9.17) is 9.47 Å². The molecule has 2 N–H and O–H groups in total. The molecule has 0 amide bonds. The van der Waals surface area contributed by atoms with E-state index < -0.39 is 17.6 Å². The van der Waals surface area contributed by atoms with Crippen molar-refractivity contribution in [2.45, 2.75) is 19.4 Å². The van der Waals surface area contributed by atoms with E-state index in [0.717, 1.165) is 0 Å². The molecule has 8 heteroatoms. The summed E-state index contributed by atoms with van der Waals surface area (Å²) >= 11 is 0. The third-order valence-electron chi connectivity index (χ3n) is 5.05. The molecule has 1 atom stereocenters. The number of carbonyl (C=O) groups is 1. The van der Waals surface area contributed by atoms with Crippen LogP contribution >= 0.6 is 0 Å². The van der Waals surface area contributed by atoms with Crippen molar-refractivity contribution in [3.63, 3.8) is 0 Å². The Kier molecular flexibility index (Phi) is 4.18. The summed E-state index contributed by atoms with van der Waals surface area (Å²) in [6, 6.07) is 4.10. The predicted molar refractivity (Wildman–Crippen MR) is 105 cm³/mol. The molecule has 0 aliphatic rings. The minimum Gasteiger partial charge on any atom is -0.493 e. The smallest absolute Gasteiger partial charge is 0.326 e. The van der Waals surface area contributed by atoms with E-state index in [0.29, 0.717) is 44.2 Å². The van der Waals surface area contributed by atoms with Crippen LogP contribution in [0, 0.1) is 0 Å². The zero-order valence-electron chi connectivity index (χ0n) is 15.6. The van der Waals surface area contributed by atoms with E-state index in [9.17, 15) is 14.7 Å². The number of fused-ring (bicyclic) bond motifs is 5. The topological polar surface area (TPSA) is 106 Å². The molecule has 3 aromatic heterocycles. The van der Waals surface area contributed by atoms with E-state index in [1.165, 1.54) is 18.8 Å². The summed E-state index contributed by atoms with van der Waals surface area (Å²) in [6.07, 6.45) is 3.62. The molecule has 0 spiro atoms. The number of methoxy groups -OCH3 is 2. The van der Waals surface area contributed by atoms with E-state index in [-0.39, 0.29) is 6.42 Å². The van der Waals surface area contributed by atoms with Crippen LogP contribution in [0.3, 0.4) is 0 Å². The monoisotopic (exact) mass is 381 g/mol. The first-order valence-electron chi connectivity index (χ1n) is 8.80. The minimum atomic E-state index is -1.06. The van der Waals surface area contributed by atoms with Crippen molar-refractivity contribution in [1.82, 2.24) is 14.5 Å². The Morgan fingerprint density at radius 3 is 2.46 bits per heavy atom. The van der Waals surface area contributed by atoms with Gasteiger partial charge in [0.05, 0.1) is 25.1 Å². The number of nitrogens with one attached hydrogen (secondary N) is 1. The summed E-state index contributed by atoms with van der Waals surface area (Å²) < 4.78 is 12.1. The van der Waals surface area contributed by atoms with Crippen LogP contribution in [0.15, 0.2) is 35.4 Å². The molecule has 8 nitrogen and oxygen atoms in total. The van der Waals surface area contributed by atoms with Crippen molar-refractivity contribution in [3.8, 4) is 11.5 Å². The number of hydrogen-bond acceptors (Lipinski definition) is 5. The Hall–Kier alpha value is -3.55. The van der Waals surface area contributed by atoms with Crippen LogP contribution < -0.4 is 15.0 Å². The van der Waals surface area contributed by atoms with Crippen molar-refractivity contribution in [2.75, 3.05) is 14.2 Å². The number of aromatic nitrogens is 3. The summed E-state index contributed by atoms with van der Waals surface area (Å²) in [4.78, 5) is 32.8. The summed E-state index contributed by atoms with van der Waals surface area (Å²) in [7, 11) is 3.01. The molecule has 0 saturated heterocycles. The summed E-state index contributed by atoms with van der Waals surface area (Å²) in [5.41, 5.74) is 0.720. The van der Waals surface area contributed by atoms with Crippen molar-refractivity contribution in [1.29, 1.82) is 0 Å². The van der Waals surface area contributed by atoms with Gasteiger partial charge in [-0.15, -0.1) is 0 Å². The summed E-state index contributed by atoms with van der Waals surface area (Å²) in [5, 5.41) is 12.1. The average Bonchev–Trinajstić information content (AvgIpc) is 3.18. The van der Waals surface area contributed by atoms with Crippen LogP contribution in [-0.4, -0.2) is 39.8 Å². The number of carboxylic acid groups (broad SMARTS) is 1. The van der Waals surface area contributed by atoms with Gasteiger partial charge < -0.3 is 19.6 Å². The van der Waals surface area contributed by atoms with Crippen molar-refractivity contribution in [2.24, 2.45) is 0 Å². The molecule has 28 heavy (non-hydrogen) atoms. The molecular weight excluding hydrogens is 362 g/mol. The Balaban J connectivity index is 2.30. The summed E-state index contributed by atoms with van der Waals surface area (Å²) in [5.74, 6) is -0.184. The molecule has 4 aromatic rings. The van der Waals surface area contributed by atoms with Gasteiger partial charge in [-0.1, -0.05) is 6.92 Å². The maximum atomic E-state index is 13.5. The van der Waals surface area contributed by atoms with Gasteiger partial charge in [-0.3, -0.25) is 9.36 Å². The molecule has 144 valence electrons. The van der Waals surface area contributed by atoms with Gasteiger partial charge in [0, 0.05) is 28.6 Å². The van der Waals surface area contributed by atoms with Crippen LogP contribution in [-0.2, 0) is 4.79 Å². The number of carboxylic acids is 1. The SMILES string of the molecule is CC[C@H](C(=O)O)n1c(=O)c2cc(OC)c(OC)cc2c2cnc3[nH]ccc3c21. The summed E-state index contributed by atoms with van der Waals surface area (Å²) in [6.45, 7) is 1.74. The third kappa shape index (κ3) is 2.41. The fourth-order valence-electron chi connectivity index (χ4n) is 3.73. The fraction of sp³-hybridized carbons (Fsp3) is 0.250. The number of ether oxygens (including phenoxy) is 2. The van der Waals surface area contributed by atoms with Gasteiger partial charge in [0.25, 0.3) is 5.56 Å². The average molecular weight is 381 g/mol. The molecule has 0 bridgehead atoms. The Labute approximate surface area is 159 Å². The normalized spacial score (nSPS) is 12.5. The zero-order chi connectivity index (χ0) is 20.0. The van der Waals surface area contributed by atoms with Crippen LogP contribution in [0.25, 0.3) is 32.7 Å². The largest absolute Gasteiger partial charge is 0.493 e. The fourth-order valence-corrected chi connectivity index (χ4v) is 3.73. The second-order valence-corrected chi connectivity index (χ2v) is 6.45. The molecule has 0 fully saturated rings. The molecule has 0 aliphatic carbocycles. The number of rotatable bonds is 5. The first kappa shape index (κ1) is 17.8. The van der Waals surface area contributed by atoms with Gasteiger partial charge >= 0.3 is 5.97 Å². The molecular formula is C20H19N3O5. The van der Waals surface area contributed by atoms with Crippen molar-refractivity contribution in [3.05, 3.63) is 40.9 Å². The minimum absolute atomic E-state index is 0.261. The second kappa shape index (κ2) is 6.56. The van der Waals surface area contributed by atoms with E-state index in [1.807, 2.05) is 0 Å². The van der Waals surface area contributed by atoms with Gasteiger partial charge in [0.2, 0.25) is 0 Å². The van der Waals surface area contributed by atoms with E-state index in [2.05, 4.69) is 9.97 Å². The Morgan fingerprint density at radius 1 is 1.18 bits per heavy atom. The standard InChI is InChI=1S/C20H19N3O5/c1-4-14(20(25)26)23-17-10-5-6-21-18(10)22-9-13(17)11-7-15(27-2)16(28-3)8-12(11)19(23)24/h5-9,14H,4H2,1-3H3,(H,21,22)(H,25,26)/t14-/m1/s1. The highest BCUT2D eigenvalue weighted by Crippen LogP contribution is 2.36. The number of benzene rings is 1. The lowest BCUT2D eigenvalue weighted by Gasteiger charge is -2.20. The Morgan fingerprint density at radius 2 is 1.86 bits per heavy atom. The maximum absolute atomic E-state index is 13.5. The van der Waals surface area contributed by atoms with E-state index in [1.54, 1.807) is 37.5 Å². The molecule has 0 aliphatic heterocycles. The number of aromatic amines is 1. The van der Waals surface area contributed by atoms with Gasteiger partial charge in [-0.05, 0) is 24.6 Å². The Bertz CT molecular complexity index is 1290. The van der Waals surface area contributed by atoms with Gasteiger partial charge in [0.15, 0.2) is 11.5 Å².